The number of carbonyl (C=O) groups excluding carboxylic acids is 1. The van der Waals surface area contributed by atoms with Crippen LogP contribution in [0.25, 0.3) is 0 Å². The second-order valence-electron chi connectivity index (χ2n) is 4.01. The molecule has 0 saturated carbocycles. The predicted octanol–water partition coefficient (Wildman–Crippen LogP) is 1.48. The van der Waals surface area contributed by atoms with E-state index in [2.05, 4.69) is 0 Å². The molecule has 2 fully saturated rings. The minimum absolute atomic E-state index is 0.0163. The molecule has 0 bridgehead atoms. The summed E-state index contributed by atoms with van der Waals surface area (Å²) in [5.74, 6) is 0.173. The fourth-order valence-corrected chi connectivity index (χ4v) is 1.78. The van der Waals surface area contributed by atoms with E-state index in [1.807, 2.05) is 30.3 Å². The summed E-state index contributed by atoms with van der Waals surface area (Å²) in [6.07, 6.45) is 0.431. The Kier molecular flexibility index (Phi) is 2.08. The van der Waals surface area contributed by atoms with E-state index < -0.39 is 0 Å². The molecule has 3 atom stereocenters. The van der Waals surface area contributed by atoms with E-state index in [4.69, 9.17) is 9.47 Å². The third-order valence-corrected chi connectivity index (χ3v) is 2.77. The summed E-state index contributed by atoms with van der Waals surface area (Å²) < 4.78 is 10.4. The molecule has 2 heterocycles. The molecule has 78 valence electrons. The van der Waals surface area contributed by atoms with Crippen LogP contribution < -0.4 is 0 Å². The average Bonchev–Trinajstić information content (AvgIpc) is 3.13. The maximum Gasteiger partial charge on any atom is 0.167 e. The summed E-state index contributed by atoms with van der Waals surface area (Å²) in [4.78, 5) is 11.6. The normalized spacial score (nSPS) is 32.4. The second-order valence-corrected chi connectivity index (χ2v) is 4.01. The van der Waals surface area contributed by atoms with Crippen molar-refractivity contribution in [2.75, 3.05) is 6.61 Å². The standard InChI is InChI=1S/C12H12O3/c13-10(6-9-7-14-9)12-11(15-12)8-4-2-1-3-5-8/h1-5,9,11-12H,6-7H2. The smallest absolute Gasteiger partial charge is 0.167 e. The Balaban J connectivity index is 1.61. The van der Waals surface area contributed by atoms with Crippen LogP contribution in [0.4, 0.5) is 0 Å². The molecule has 0 aromatic heterocycles. The number of epoxide rings is 2. The van der Waals surface area contributed by atoms with E-state index >= 15 is 0 Å². The highest BCUT2D eigenvalue weighted by atomic mass is 16.6. The Morgan fingerprint density at radius 1 is 1.33 bits per heavy atom. The minimum Gasteiger partial charge on any atom is -0.373 e. The van der Waals surface area contributed by atoms with Gasteiger partial charge < -0.3 is 9.47 Å². The number of ether oxygens (including phenoxy) is 2. The van der Waals surface area contributed by atoms with Gasteiger partial charge in [-0.2, -0.15) is 0 Å². The van der Waals surface area contributed by atoms with Gasteiger partial charge in [-0.25, -0.2) is 0 Å². The highest BCUT2D eigenvalue weighted by Crippen LogP contribution is 2.40. The van der Waals surface area contributed by atoms with E-state index in [9.17, 15) is 4.79 Å². The quantitative estimate of drug-likeness (QED) is 0.698. The molecule has 15 heavy (non-hydrogen) atoms. The SMILES string of the molecule is O=C(CC1CO1)C1OC1c1ccccc1. The molecule has 3 heteroatoms. The molecule has 2 saturated heterocycles. The summed E-state index contributed by atoms with van der Waals surface area (Å²) >= 11 is 0. The number of ketones is 1. The van der Waals surface area contributed by atoms with Gasteiger partial charge in [-0.3, -0.25) is 4.79 Å². The first-order chi connectivity index (χ1) is 7.34. The largest absolute Gasteiger partial charge is 0.373 e. The minimum atomic E-state index is -0.225. The maximum atomic E-state index is 11.6. The maximum absolute atomic E-state index is 11.6. The van der Waals surface area contributed by atoms with E-state index in [0.29, 0.717) is 6.42 Å². The topological polar surface area (TPSA) is 42.1 Å². The lowest BCUT2D eigenvalue weighted by Crippen LogP contribution is -2.10. The van der Waals surface area contributed by atoms with Gasteiger partial charge in [0.05, 0.1) is 12.7 Å². The summed E-state index contributed by atoms with van der Waals surface area (Å²) in [7, 11) is 0. The van der Waals surface area contributed by atoms with E-state index in [1.165, 1.54) is 0 Å². The van der Waals surface area contributed by atoms with Crippen LogP contribution >= 0.6 is 0 Å². The molecule has 1 aromatic rings. The van der Waals surface area contributed by atoms with Crippen LogP contribution in [0.2, 0.25) is 0 Å². The van der Waals surface area contributed by atoms with Crippen LogP contribution in [0.3, 0.4) is 0 Å². The molecule has 3 nitrogen and oxygen atoms in total. The molecule has 0 amide bonds. The van der Waals surface area contributed by atoms with Crippen molar-refractivity contribution in [3.63, 3.8) is 0 Å². The number of Topliss-reactive ketones (excluding diaryl/α,β-unsaturated/α-hetero) is 1. The molecule has 2 aliphatic heterocycles. The predicted molar refractivity (Wildman–Crippen MR) is 53.4 cm³/mol. The lowest BCUT2D eigenvalue weighted by Gasteiger charge is -1.94. The number of rotatable bonds is 4. The Bertz CT molecular complexity index is 370. The van der Waals surface area contributed by atoms with Gasteiger partial charge >= 0.3 is 0 Å². The van der Waals surface area contributed by atoms with E-state index in [0.717, 1.165) is 12.2 Å². The molecule has 3 rings (SSSR count). The molecule has 0 spiro atoms. The Morgan fingerprint density at radius 2 is 2.07 bits per heavy atom. The third-order valence-electron chi connectivity index (χ3n) is 2.77. The highest BCUT2D eigenvalue weighted by Gasteiger charge is 2.46. The molecule has 0 N–H and O–H groups in total. The van der Waals surface area contributed by atoms with Crippen LogP contribution in [0.1, 0.15) is 18.1 Å². The summed E-state index contributed by atoms with van der Waals surface area (Å²) in [5, 5.41) is 0. The number of carbonyl (C=O) groups is 1. The zero-order valence-electron chi connectivity index (χ0n) is 8.26. The van der Waals surface area contributed by atoms with Gasteiger partial charge in [0.1, 0.15) is 12.2 Å². The van der Waals surface area contributed by atoms with Crippen molar-refractivity contribution in [2.45, 2.75) is 24.7 Å². The Labute approximate surface area is 88.0 Å². The number of benzene rings is 1. The molecule has 1 aromatic carbocycles. The van der Waals surface area contributed by atoms with E-state index in [1.54, 1.807) is 0 Å². The van der Waals surface area contributed by atoms with Crippen molar-refractivity contribution in [2.24, 2.45) is 0 Å². The summed E-state index contributed by atoms with van der Waals surface area (Å²) in [6.45, 7) is 0.731. The number of hydrogen-bond donors (Lipinski definition) is 0. The van der Waals surface area contributed by atoms with Gasteiger partial charge in [0.15, 0.2) is 5.78 Å². The van der Waals surface area contributed by atoms with Gasteiger partial charge in [0.25, 0.3) is 0 Å². The first kappa shape index (κ1) is 9.07. The van der Waals surface area contributed by atoms with Gasteiger partial charge in [-0.15, -0.1) is 0 Å². The fraction of sp³-hybridized carbons (Fsp3) is 0.417. The molecule has 0 aliphatic carbocycles. The molecular formula is C12H12O3. The molecule has 2 aliphatic rings. The zero-order valence-corrected chi connectivity index (χ0v) is 8.26. The van der Waals surface area contributed by atoms with Crippen molar-refractivity contribution in [3.05, 3.63) is 35.9 Å². The molecular weight excluding hydrogens is 192 g/mol. The van der Waals surface area contributed by atoms with Crippen molar-refractivity contribution in [1.29, 1.82) is 0 Å². The van der Waals surface area contributed by atoms with E-state index in [-0.39, 0.29) is 24.1 Å². The van der Waals surface area contributed by atoms with Crippen LogP contribution in [0, 0.1) is 0 Å². The van der Waals surface area contributed by atoms with Gasteiger partial charge in [-0.1, -0.05) is 30.3 Å². The van der Waals surface area contributed by atoms with Crippen molar-refractivity contribution < 1.29 is 14.3 Å². The van der Waals surface area contributed by atoms with Crippen LogP contribution in [0.15, 0.2) is 30.3 Å². The summed E-state index contributed by atoms with van der Waals surface area (Å²) in [6, 6.07) is 9.86. The van der Waals surface area contributed by atoms with Crippen LogP contribution in [-0.2, 0) is 14.3 Å². The Morgan fingerprint density at radius 3 is 2.73 bits per heavy atom. The zero-order chi connectivity index (χ0) is 10.3. The molecule has 0 radical (unpaired) electrons. The van der Waals surface area contributed by atoms with Crippen molar-refractivity contribution in [1.82, 2.24) is 0 Å². The summed E-state index contributed by atoms with van der Waals surface area (Å²) in [5.41, 5.74) is 1.09. The van der Waals surface area contributed by atoms with Gasteiger partial charge in [0, 0.05) is 6.42 Å². The second kappa shape index (κ2) is 3.43. The lowest BCUT2D eigenvalue weighted by molar-refractivity contribution is -0.120. The first-order valence-electron chi connectivity index (χ1n) is 5.19. The third kappa shape index (κ3) is 1.94. The first-order valence-corrected chi connectivity index (χ1v) is 5.19. The van der Waals surface area contributed by atoms with Crippen LogP contribution in [0.5, 0.6) is 0 Å². The monoisotopic (exact) mass is 204 g/mol. The fourth-order valence-electron chi connectivity index (χ4n) is 1.78. The van der Waals surface area contributed by atoms with Crippen molar-refractivity contribution in [3.8, 4) is 0 Å². The number of hydrogen-bond acceptors (Lipinski definition) is 3. The molecule has 3 unspecified atom stereocenters. The van der Waals surface area contributed by atoms with Gasteiger partial charge in [-0.05, 0) is 5.56 Å². The highest BCUT2D eigenvalue weighted by molar-refractivity contribution is 5.86. The average molecular weight is 204 g/mol. The van der Waals surface area contributed by atoms with Gasteiger partial charge in [0.2, 0.25) is 0 Å². The Hall–Kier alpha value is -1.19. The van der Waals surface area contributed by atoms with Crippen molar-refractivity contribution >= 4 is 5.78 Å². The van der Waals surface area contributed by atoms with Crippen LogP contribution in [-0.4, -0.2) is 24.6 Å². The lowest BCUT2D eigenvalue weighted by atomic mass is 10.1.